The summed E-state index contributed by atoms with van der Waals surface area (Å²) in [6, 6.07) is 5.32. The summed E-state index contributed by atoms with van der Waals surface area (Å²) in [5.74, 6) is -0.0126. The maximum absolute atomic E-state index is 11.6. The molecule has 0 atom stereocenters. The van der Waals surface area contributed by atoms with Crippen LogP contribution in [0.25, 0.3) is 0 Å². The van der Waals surface area contributed by atoms with Crippen molar-refractivity contribution in [2.45, 2.75) is 19.8 Å². The molecule has 0 saturated carbocycles. The van der Waals surface area contributed by atoms with Crippen LogP contribution in [-0.4, -0.2) is 19.1 Å². The molecule has 0 bridgehead atoms. The van der Waals surface area contributed by atoms with Crippen LogP contribution in [0.3, 0.4) is 0 Å². The number of nitrogens with two attached hydrogens (primary N) is 1. The Morgan fingerprint density at radius 1 is 1.53 bits per heavy atom. The SMILES string of the molecule is CCOCCCC(=O)Nc1ccc(N)c(Br)c1. The number of hydrogen-bond acceptors (Lipinski definition) is 3. The van der Waals surface area contributed by atoms with Crippen LogP contribution in [0.2, 0.25) is 0 Å². The zero-order valence-corrected chi connectivity index (χ0v) is 11.4. The fourth-order valence-electron chi connectivity index (χ4n) is 1.31. The van der Waals surface area contributed by atoms with Crippen molar-refractivity contribution in [2.24, 2.45) is 0 Å². The molecule has 3 N–H and O–H groups in total. The molecular formula is C12H17BrN2O2. The predicted octanol–water partition coefficient (Wildman–Crippen LogP) is 2.79. The van der Waals surface area contributed by atoms with Gasteiger partial charge in [-0.3, -0.25) is 4.79 Å². The van der Waals surface area contributed by atoms with Crippen LogP contribution in [0.4, 0.5) is 11.4 Å². The van der Waals surface area contributed by atoms with Crippen LogP contribution in [-0.2, 0) is 9.53 Å². The van der Waals surface area contributed by atoms with Crippen LogP contribution in [0.1, 0.15) is 19.8 Å². The molecule has 0 aliphatic carbocycles. The number of rotatable bonds is 6. The number of carbonyl (C=O) groups excluding carboxylic acids is 1. The summed E-state index contributed by atoms with van der Waals surface area (Å²) < 4.78 is 5.95. The minimum absolute atomic E-state index is 0.0126. The van der Waals surface area contributed by atoms with Gasteiger partial charge in [0.05, 0.1) is 0 Å². The number of carbonyl (C=O) groups is 1. The van der Waals surface area contributed by atoms with Gasteiger partial charge < -0.3 is 15.8 Å². The number of nitrogen functional groups attached to an aromatic ring is 1. The van der Waals surface area contributed by atoms with Crippen LogP contribution in [0.5, 0.6) is 0 Å². The molecule has 0 unspecified atom stereocenters. The summed E-state index contributed by atoms with van der Waals surface area (Å²) in [6.07, 6.45) is 1.19. The van der Waals surface area contributed by atoms with Gasteiger partial charge in [0.1, 0.15) is 0 Å². The first-order valence-electron chi connectivity index (χ1n) is 5.56. The van der Waals surface area contributed by atoms with Crippen molar-refractivity contribution >= 4 is 33.2 Å². The number of amides is 1. The van der Waals surface area contributed by atoms with E-state index in [-0.39, 0.29) is 5.91 Å². The Morgan fingerprint density at radius 3 is 2.94 bits per heavy atom. The van der Waals surface area contributed by atoms with Crippen molar-refractivity contribution in [3.63, 3.8) is 0 Å². The lowest BCUT2D eigenvalue weighted by Crippen LogP contribution is -2.12. The van der Waals surface area contributed by atoms with Gasteiger partial charge in [0.2, 0.25) is 5.91 Å². The first-order valence-corrected chi connectivity index (χ1v) is 6.35. The van der Waals surface area contributed by atoms with Crippen LogP contribution in [0.15, 0.2) is 22.7 Å². The molecule has 0 aliphatic heterocycles. The van der Waals surface area contributed by atoms with Gasteiger partial charge in [-0.15, -0.1) is 0 Å². The Kier molecular flexibility index (Phi) is 6.00. The molecule has 0 radical (unpaired) electrons. The molecule has 0 aliphatic rings. The Hall–Kier alpha value is -1.07. The smallest absolute Gasteiger partial charge is 0.224 e. The second-order valence-electron chi connectivity index (χ2n) is 3.58. The highest BCUT2D eigenvalue weighted by molar-refractivity contribution is 9.10. The molecular weight excluding hydrogens is 284 g/mol. The highest BCUT2D eigenvalue weighted by Gasteiger charge is 2.03. The summed E-state index contributed by atoms with van der Waals surface area (Å²) in [6.45, 7) is 3.24. The molecule has 0 heterocycles. The first kappa shape index (κ1) is 14.0. The van der Waals surface area contributed by atoms with Gasteiger partial charge in [-0.2, -0.15) is 0 Å². The van der Waals surface area contributed by atoms with Gasteiger partial charge >= 0.3 is 0 Å². The van der Waals surface area contributed by atoms with E-state index in [4.69, 9.17) is 10.5 Å². The maximum Gasteiger partial charge on any atom is 0.224 e. The lowest BCUT2D eigenvalue weighted by molar-refractivity contribution is -0.116. The fourth-order valence-corrected chi connectivity index (χ4v) is 1.69. The lowest BCUT2D eigenvalue weighted by Gasteiger charge is -2.07. The minimum Gasteiger partial charge on any atom is -0.398 e. The van der Waals surface area contributed by atoms with Crippen molar-refractivity contribution in [1.82, 2.24) is 0 Å². The second-order valence-corrected chi connectivity index (χ2v) is 4.44. The maximum atomic E-state index is 11.6. The molecule has 0 saturated heterocycles. The normalized spacial score (nSPS) is 10.2. The van der Waals surface area contributed by atoms with Gasteiger partial charge in [-0.05, 0) is 47.5 Å². The number of nitrogens with one attached hydrogen (secondary N) is 1. The molecule has 1 rings (SSSR count). The van der Waals surface area contributed by atoms with E-state index in [1.807, 2.05) is 6.92 Å². The Morgan fingerprint density at radius 2 is 2.29 bits per heavy atom. The average molecular weight is 301 g/mol. The van der Waals surface area contributed by atoms with Gasteiger partial charge in [0.25, 0.3) is 0 Å². The highest BCUT2D eigenvalue weighted by atomic mass is 79.9. The van der Waals surface area contributed by atoms with Gasteiger partial charge in [0.15, 0.2) is 0 Å². The van der Waals surface area contributed by atoms with E-state index in [0.717, 1.165) is 16.6 Å². The Bertz CT molecular complexity index is 383. The lowest BCUT2D eigenvalue weighted by atomic mass is 10.2. The number of anilines is 2. The summed E-state index contributed by atoms with van der Waals surface area (Å²) in [5, 5.41) is 2.81. The minimum atomic E-state index is -0.0126. The molecule has 5 heteroatoms. The van der Waals surface area contributed by atoms with Crippen molar-refractivity contribution in [2.75, 3.05) is 24.3 Å². The van der Waals surface area contributed by atoms with Crippen molar-refractivity contribution in [3.05, 3.63) is 22.7 Å². The second kappa shape index (κ2) is 7.29. The van der Waals surface area contributed by atoms with E-state index >= 15 is 0 Å². The third-order valence-corrected chi connectivity index (χ3v) is 2.87. The predicted molar refractivity (Wildman–Crippen MR) is 72.9 cm³/mol. The third kappa shape index (κ3) is 5.19. The van der Waals surface area contributed by atoms with Crippen LogP contribution in [0, 0.1) is 0 Å². The van der Waals surface area contributed by atoms with Crippen molar-refractivity contribution in [3.8, 4) is 0 Å². The quantitative estimate of drug-likeness (QED) is 0.627. The highest BCUT2D eigenvalue weighted by Crippen LogP contribution is 2.23. The van der Waals surface area contributed by atoms with Gasteiger partial charge in [-0.1, -0.05) is 0 Å². The molecule has 1 aromatic rings. The van der Waals surface area contributed by atoms with Crippen LogP contribution >= 0.6 is 15.9 Å². The Balaban J connectivity index is 2.37. The molecule has 0 spiro atoms. The van der Waals surface area contributed by atoms with Gasteiger partial charge in [0, 0.05) is 35.5 Å². The molecule has 94 valence electrons. The molecule has 1 aromatic carbocycles. The summed E-state index contributed by atoms with van der Waals surface area (Å²) in [7, 11) is 0. The monoisotopic (exact) mass is 300 g/mol. The topological polar surface area (TPSA) is 64.3 Å². The first-order chi connectivity index (χ1) is 8.13. The summed E-state index contributed by atoms with van der Waals surface area (Å²) in [4.78, 5) is 11.6. The molecule has 17 heavy (non-hydrogen) atoms. The molecule has 4 nitrogen and oxygen atoms in total. The average Bonchev–Trinajstić information content (AvgIpc) is 2.30. The standard InChI is InChI=1S/C12H17BrN2O2/c1-2-17-7-3-4-12(16)15-9-5-6-11(14)10(13)8-9/h5-6,8H,2-4,7,14H2,1H3,(H,15,16). The number of ether oxygens (including phenoxy) is 1. The van der Waals surface area contributed by atoms with E-state index in [1.54, 1.807) is 18.2 Å². The molecule has 0 fully saturated rings. The van der Waals surface area contributed by atoms with Crippen LogP contribution < -0.4 is 11.1 Å². The number of halogens is 1. The van der Waals surface area contributed by atoms with Crippen molar-refractivity contribution in [1.29, 1.82) is 0 Å². The fraction of sp³-hybridized carbons (Fsp3) is 0.417. The van der Waals surface area contributed by atoms with E-state index in [9.17, 15) is 4.79 Å². The number of hydrogen-bond donors (Lipinski definition) is 2. The van der Waals surface area contributed by atoms with Gasteiger partial charge in [-0.25, -0.2) is 0 Å². The molecule has 0 aromatic heterocycles. The van der Waals surface area contributed by atoms with E-state index in [0.29, 0.717) is 25.3 Å². The van der Waals surface area contributed by atoms with E-state index < -0.39 is 0 Å². The van der Waals surface area contributed by atoms with E-state index in [2.05, 4.69) is 21.2 Å². The summed E-state index contributed by atoms with van der Waals surface area (Å²) in [5.41, 5.74) is 7.05. The number of benzene rings is 1. The molecule has 1 amide bonds. The largest absolute Gasteiger partial charge is 0.398 e. The zero-order valence-electron chi connectivity index (χ0n) is 9.83. The van der Waals surface area contributed by atoms with Crippen molar-refractivity contribution < 1.29 is 9.53 Å². The third-order valence-electron chi connectivity index (χ3n) is 2.18. The summed E-state index contributed by atoms with van der Waals surface area (Å²) >= 11 is 3.31. The van der Waals surface area contributed by atoms with E-state index in [1.165, 1.54) is 0 Å². The zero-order chi connectivity index (χ0) is 12.7. The Labute approximate surface area is 110 Å².